The maximum atomic E-state index is 2.26. The molecule has 0 aliphatic heterocycles. The predicted octanol–water partition coefficient (Wildman–Crippen LogP) is 0.483. The molecule has 0 aliphatic rings. The van der Waals surface area contributed by atoms with Crippen LogP contribution in [-0.4, -0.2) is 0 Å². The van der Waals surface area contributed by atoms with Crippen molar-refractivity contribution in [1.29, 1.82) is 0 Å². The third-order valence-corrected chi connectivity index (χ3v) is 1.46. The van der Waals surface area contributed by atoms with E-state index in [1.165, 1.54) is 38.5 Å². The summed E-state index contributed by atoms with van der Waals surface area (Å²) < 4.78 is 0. The van der Waals surface area contributed by atoms with Crippen LogP contribution in [0, 0.1) is 0 Å². The SMILES string of the molecule is CCCCCCCC.[H-].[K+]. The molecule has 0 saturated heterocycles. The molecule has 0 N–H and O–H groups in total. The first-order chi connectivity index (χ1) is 3.91. The average molecular weight is 154 g/mol. The molecule has 0 aromatic rings. The normalized spacial score (nSPS) is 8.67. The van der Waals surface area contributed by atoms with Crippen LogP contribution < -0.4 is 51.4 Å². The van der Waals surface area contributed by atoms with E-state index in [0.29, 0.717) is 0 Å². The molecule has 0 aliphatic carbocycles. The maximum absolute atomic E-state index is 2.26. The van der Waals surface area contributed by atoms with Gasteiger partial charge in [-0.3, -0.25) is 0 Å². The van der Waals surface area contributed by atoms with Gasteiger partial charge >= 0.3 is 51.4 Å². The van der Waals surface area contributed by atoms with E-state index in [1.807, 2.05) is 0 Å². The average Bonchev–Trinajstić information content (AvgIpc) is 1.81. The Morgan fingerprint density at radius 1 is 0.778 bits per heavy atom. The van der Waals surface area contributed by atoms with Crippen LogP contribution in [0.2, 0.25) is 0 Å². The molecule has 0 spiro atoms. The van der Waals surface area contributed by atoms with E-state index in [-0.39, 0.29) is 52.8 Å². The third kappa shape index (κ3) is 12.8. The molecule has 0 bridgehead atoms. The molecule has 0 saturated carbocycles. The van der Waals surface area contributed by atoms with E-state index < -0.39 is 0 Å². The summed E-state index contributed by atoms with van der Waals surface area (Å²) in [7, 11) is 0. The first-order valence-corrected chi connectivity index (χ1v) is 3.91. The Labute approximate surface area is 104 Å². The quantitative estimate of drug-likeness (QED) is 0.399. The molecular weight excluding hydrogens is 135 g/mol. The molecule has 0 aromatic heterocycles. The summed E-state index contributed by atoms with van der Waals surface area (Å²) in [6.45, 7) is 4.51. The Balaban J connectivity index is -0.000000245. The number of hydrogen-bond donors (Lipinski definition) is 0. The van der Waals surface area contributed by atoms with E-state index in [0.717, 1.165) is 0 Å². The molecule has 9 heavy (non-hydrogen) atoms. The van der Waals surface area contributed by atoms with Gasteiger partial charge in [0, 0.05) is 0 Å². The van der Waals surface area contributed by atoms with E-state index in [2.05, 4.69) is 13.8 Å². The fourth-order valence-electron chi connectivity index (χ4n) is 0.854. The minimum atomic E-state index is 0. The van der Waals surface area contributed by atoms with E-state index in [4.69, 9.17) is 0 Å². The van der Waals surface area contributed by atoms with Crippen molar-refractivity contribution >= 4 is 0 Å². The maximum Gasteiger partial charge on any atom is 1.00 e. The standard InChI is InChI=1S/C8H18.K.H/c1-3-5-7-8-6-4-2;;/h3-8H2,1-2H3;;/q;+1;-1. The minimum Gasteiger partial charge on any atom is -1.00 e. The van der Waals surface area contributed by atoms with Gasteiger partial charge in [0.2, 0.25) is 0 Å². The topological polar surface area (TPSA) is 0 Å². The molecule has 0 radical (unpaired) electrons. The van der Waals surface area contributed by atoms with Gasteiger partial charge in [-0.25, -0.2) is 0 Å². The fraction of sp³-hybridized carbons (Fsp3) is 1.00. The summed E-state index contributed by atoms with van der Waals surface area (Å²) in [5.74, 6) is 0. The van der Waals surface area contributed by atoms with Crippen molar-refractivity contribution in [3.8, 4) is 0 Å². The van der Waals surface area contributed by atoms with Gasteiger partial charge in [0.25, 0.3) is 0 Å². The zero-order valence-electron chi connectivity index (χ0n) is 8.24. The molecule has 52 valence electrons. The van der Waals surface area contributed by atoms with Crippen molar-refractivity contribution in [3.05, 3.63) is 0 Å². The van der Waals surface area contributed by atoms with Crippen molar-refractivity contribution < 1.29 is 52.8 Å². The van der Waals surface area contributed by atoms with Crippen molar-refractivity contribution in [2.75, 3.05) is 0 Å². The van der Waals surface area contributed by atoms with Gasteiger partial charge in [0.1, 0.15) is 0 Å². The van der Waals surface area contributed by atoms with E-state index in [9.17, 15) is 0 Å². The van der Waals surface area contributed by atoms with Crippen LogP contribution in [0.5, 0.6) is 0 Å². The Hall–Kier alpha value is 1.64. The van der Waals surface area contributed by atoms with Gasteiger partial charge in [-0.1, -0.05) is 52.4 Å². The fourth-order valence-corrected chi connectivity index (χ4v) is 0.854. The summed E-state index contributed by atoms with van der Waals surface area (Å²) in [6.07, 6.45) is 8.49. The van der Waals surface area contributed by atoms with E-state index >= 15 is 0 Å². The Bertz CT molecular complexity index is 34.2. The van der Waals surface area contributed by atoms with Gasteiger partial charge in [0.15, 0.2) is 0 Å². The molecule has 0 heterocycles. The molecule has 0 nitrogen and oxygen atoms in total. The van der Waals surface area contributed by atoms with Crippen LogP contribution in [0.1, 0.15) is 53.8 Å². The minimum absolute atomic E-state index is 0. The largest absolute Gasteiger partial charge is 1.00 e. The van der Waals surface area contributed by atoms with Crippen LogP contribution in [0.15, 0.2) is 0 Å². The van der Waals surface area contributed by atoms with Gasteiger partial charge in [-0.2, -0.15) is 0 Å². The van der Waals surface area contributed by atoms with Gasteiger partial charge < -0.3 is 1.43 Å². The second-order valence-corrected chi connectivity index (χ2v) is 2.41. The van der Waals surface area contributed by atoms with E-state index in [1.54, 1.807) is 0 Å². The van der Waals surface area contributed by atoms with Crippen molar-refractivity contribution in [2.24, 2.45) is 0 Å². The molecule has 0 rings (SSSR count). The van der Waals surface area contributed by atoms with Crippen molar-refractivity contribution in [1.82, 2.24) is 0 Å². The van der Waals surface area contributed by atoms with Crippen molar-refractivity contribution in [2.45, 2.75) is 52.4 Å². The third-order valence-electron chi connectivity index (χ3n) is 1.46. The molecule has 0 atom stereocenters. The molecule has 0 unspecified atom stereocenters. The van der Waals surface area contributed by atoms with Crippen LogP contribution in [0.3, 0.4) is 0 Å². The summed E-state index contributed by atoms with van der Waals surface area (Å²) in [5, 5.41) is 0. The first-order valence-electron chi connectivity index (χ1n) is 3.91. The first kappa shape index (κ1) is 13.2. The predicted molar refractivity (Wildman–Crippen MR) is 40.2 cm³/mol. The van der Waals surface area contributed by atoms with Gasteiger partial charge in [-0.05, 0) is 0 Å². The van der Waals surface area contributed by atoms with Crippen LogP contribution >= 0.6 is 0 Å². The Kier molecular flexibility index (Phi) is 18.1. The van der Waals surface area contributed by atoms with Crippen molar-refractivity contribution in [3.63, 3.8) is 0 Å². The molecule has 1 heteroatoms. The Morgan fingerprint density at radius 3 is 1.33 bits per heavy atom. The van der Waals surface area contributed by atoms with Gasteiger partial charge in [-0.15, -0.1) is 0 Å². The zero-order chi connectivity index (χ0) is 6.24. The monoisotopic (exact) mass is 154 g/mol. The number of rotatable bonds is 5. The summed E-state index contributed by atoms with van der Waals surface area (Å²) in [4.78, 5) is 0. The second kappa shape index (κ2) is 12.3. The van der Waals surface area contributed by atoms with Crippen LogP contribution in [0.25, 0.3) is 0 Å². The summed E-state index contributed by atoms with van der Waals surface area (Å²) >= 11 is 0. The Morgan fingerprint density at radius 2 is 1.11 bits per heavy atom. The van der Waals surface area contributed by atoms with Crippen LogP contribution in [0.4, 0.5) is 0 Å². The second-order valence-electron chi connectivity index (χ2n) is 2.41. The number of hydrogen-bond acceptors (Lipinski definition) is 0. The molecule has 0 amide bonds. The number of unbranched alkanes of at least 4 members (excludes halogenated alkanes) is 5. The smallest absolute Gasteiger partial charge is 1.00 e. The zero-order valence-corrected chi connectivity index (χ0v) is 10.4. The van der Waals surface area contributed by atoms with Crippen LogP contribution in [-0.2, 0) is 0 Å². The summed E-state index contributed by atoms with van der Waals surface area (Å²) in [5.41, 5.74) is 0. The summed E-state index contributed by atoms with van der Waals surface area (Å²) in [6, 6.07) is 0. The molecule has 0 fully saturated rings. The molecule has 0 aromatic carbocycles. The molecular formula is C8H19K. The van der Waals surface area contributed by atoms with Gasteiger partial charge in [0.05, 0.1) is 0 Å².